The van der Waals surface area contributed by atoms with Crippen molar-refractivity contribution in [1.82, 2.24) is 25.1 Å². The molecule has 0 aliphatic carbocycles. The number of nitrogens with two attached hydrogens (primary N) is 1. The van der Waals surface area contributed by atoms with Gasteiger partial charge in [0.05, 0.1) is 0 Å². The fourth-order valence-electron chi connectivity index (χ4n) is 3.26. The molecule has 27 heavy (non-hydrogen) atoms. The van der Waals surface area contributed by atoms with E-state index < -0.39 is 0 Å². The van der Waals surface area contributed by atoms with Gasteiger partial charge >= 0.3 is 0 Å². The summed E-state index contributed by atoms with van der Waals surface area (Å²) in [6.07, 6.45) is 6.20. The van der Waals surface area contributed by atoms with Crippen LogP contribution in [0.5, 0.6) is 0 Å². The maximum Gasteiger partial charge on any atom is 0.232 e. The minimum atomic E-state index is -0.244. The number of amides is 1. The second kappa shape index (κ2) is 7.42. The van der Waals surface area contributed by atoms with E-state index in [2.05, 4.69) is 25.1 Å². The fraction of sp³-hybridized carbons (Fsp3) is 0.278. The smallest absolute Gasteiger partial charge is 0.232 e. The lowest BCUT2D eigenvalue weighted by atomic mass is 9.89. The molecule has 1 aliphatic rings. The van der Waals surface area contributed by atoms with Gasteiger partial charge in [0, 0.05) is 42.7 Å². The predicted molar refractivity (Wildman–Crippen MR) is 101 cm³/mol. The monoisotopic (exact) mass is 383 g/mol. The van der Waals surface area contributed by atoms with Crippen molar-refractivity contribution in [2.45, 2.75) is 18.9 Å². The Morgan fingerprint density at radius 2 is 2.07 bits per heavy atom. The second-order valence-corrected chi connectivity index (χ2v) is 6.94. The van der Waals surface area contributed by atoms with Crippen molar-refractivity contribution in [2.24, 2.45) is 11.7 Å². The molecule has 0 bridgehead atoms. The summed E-state index contributed by atoms with van der Waals surface area (Å²) in [7, 11) is 0. The molecule has 0 spiro atoms. The third-order valence-electron chi connectivity index (χ3n) is 4.56. The molecule has 4 heterocycles. The van der Waals surface area contributed by atoms with Gasteiger partial charge in [0.15, 0.2) is 5.82 Å². The highest BCUT2D eigenvalue weighted by Gasteiger charge is 2.35. The van der Waals surface area contributed by atoms with Crippen LogP contribution in [-0.2, 0) is 11.2 Å². The summed E-state index contributed by atoms with van der Waals surface area (Å²) in [6, 6.07) is 7.09. The van der Waals surface area contributed by atoms with Crippen LogP contribution in [0.4, 0.5) is 5.95 Å². The van der Waals surface area contributed by atoms with E-state index in [4.69, 9.17) is 17.3 Å². The number of halogens is 1. The third-order valence-corrected chi connectivity index (χ3v) is 4.78. The number of H-pyrrole nitrogens is 1. The lowest BCUT2D eigenvalue weighted by Gasteiger charge is -2.34. The molecule has 2 atom stereocenters. The zero-order valence-corrected chi connectivity index (χ0v) is 15.2. The first-order chi connectivity index (χ1) is 13.1. The predicted octanol–water partition coefficient (Wildman–Crippen LogP) is 1.84. The van der Waals surface area contributed by atoms with Gasteiger partial charge in [0.25, 0.3) is 0 Å². The van der Waals surface area contributed by atoms with Gasteiger partial charge in [-0.25, -0.2) is 10.1 Å². The highest BCUT2D eigenvalue weighted by atomic mass is 35.5. The number of aromatic amines is 1. The van der Waals surface area contributed by atoms with Gasteiger partial charge in [-0.2, -0.15) is 10.1 Å². The van der Waals surface area contributed by atoms with Gasteiger partial charge in [-0.05, 0) is 36.6 Å². The highest BCUT2D eigenvalue weighted by molar-refractivity contribution is 6.29. The molecule has 0 saturated carbocycles. The first-order valence-corrected chi connectivity index (χ1v) is 8.98. The zero-order valence-electron chi connectivity index (χ0n) is 14.4. The summed E-state index contributed by atoms with van der Waals surface area (Å²) in [5.74, 6) is 0.647. The molecule has 1 aliphatic heterocycles. The van der Waals surface area contributed by atoms with E-state index in [0.717, 1.165) is 11.1 Å². The van der Waals surface area contributed by atoms with Crippen LogP contribution in [0.2, 0.25) is 5.15 Å². The van der Waals surface area contributed by atoms with E-state index in [1.165, 1.54) is 0 Å². The Morgan fingerprint density at radius 1 is 1.26 bits per heavy atom. The number of carbonyl (C=O) groups is 1. The maximum atomic E-state index is 13.0. The number of nitrogens with zero attached hydrogens (tertiary/aromatic N) is 5. The normalized spacial score (nSPS) is 20.1. The van der Waals surface area contributed by atoms with Crippen molar-refractivity contribution in [3.05, 3.63) is 53.6 Å². The minimum Gasteiger partial charge on any atom is -0.326 e. The summed E-state index contributed by atoms with van der Waals surface area (Å²) in [5.41, 5.74) is 7.98. The van der Waals surface area contributed by atoms with E-state index in [-0.39, 0.29) is 17.9 Å². The van der Waals surface area contributed by atoms with Crippen molar-refractivity contribution in [3.63, 3.8) is 0 Å². The average molecular weight is 384 g/mol. The Hall–Kier alpha value is -2.84. The third kappa shape index (κ3) is 3.81. The molecule has 3 aromatic rings. The molecule has 1 amide bonds. The van der Waals surface area contributed by atoms with E-state index in [9.17, 15) is 4.79 Å². The molecule has 1 fully saturated rings. The van der Waals surface area contributed by atoms with Crippen LogP contribution in [0, 0.1) is 5.92 Å². The summed E-state index contributed by atoms with van der Waals surface area (Å²) in [6.45, 7) is 0.402. The first kappa shape index (κ1) is 17.6. The zero-order chi connectivity index (χ0) is 18.8. The number of piperidine rings is 1. The summed E-state index contributed by atoms with van der Waals surface area (Å²) >= 11 is 5.83. The number of hydrogen-bond acceptors (Lipinski definition) is 6. The Bertz CT molecular complexity index is 928. The summed E-state index contributed by atoms with van der Waals surface area (Å²) < 4.78 is 0. The molecule has 0 aromatic carbocycles. The van der Waals surface area contributed by atoms with E-state index in [1.807, 2.05) is 18.2 Å². The Balaban J connectivity index is 1.55. The van der Waals surface area contributed by atoms with Crippen molar-refractivity contribution in [1.29, 1.82) is 0 Å². The molecule has 0 radical (unpaired) electrons. The highest BCUT2D eigenvalue weighted by Crippen LogP contribution is 2.26. The molecule has 8 nitrogen and oxygen atoms in total. The van der Waals surface area contributed by atoms with Gasteiger partial charge in [-0.1, -0.05) is 17.7 Å². The van der Waals surface area contributed by atoms with Crippen LogP contribution in [-0.4, -0.2) is 43.6 Å². The summed E-state index contributed by atoms with van der Waals surface area (Å²) in [5, 5.41) is 7.50. The van der Waals surface area contributed by atoms with E-state index in [1.54, 1.807) is 29.6 Å². The number of rotatable bonds is 4. The van der Waals surface area contributed by atoms with Crippen molar-refractivity contribution in [3.8, 4) is 11.4 Å². The lowest BCUT2D eigenvalue weighted by Crippen LogP contribution is -2.51. The molecule has 9 heteroatoms. The number of nitrogens with one attached hydrogen (secondary N) is 1. The van der Waals surface area contributed by atoms with Gasteiger partial charge < -0.3 is 5.73 Å². The topological polar surface area (TPSA) is 114 Å². The van der Waals surface area contributed by atoms with Gasteiger partial charge in [0.2, 0.25) is 11.9 Å². The van der Waals surface area contributed by atoms with Gasteiger partial charge in [-0.3, -0.25) is 14.7 Å². The van der Waals surface area contributed by atoms with Crippen molar-refractivity contribution < 1.29 is 4.79 Å². The Morgan fingerprint density at radius 3 is 2.81 bits per heavy atom. The van der Waals surface area contributed by atoms with Crippen LogP contribution in [0.25, 0.3) is 11.4 Å². The molecule has 138 valence electrons. The fourth-order valence-corrected chi connectivity index (χ4v) is 3.37. The quantitative estimate of drug-likeness (QED) is 0.664. The van der Waals surface area contributed by atoms with Crippen LogP contribution in [0.3, 0.4) is 0 Å². The van der Waals surface area contributed by atoms with Crippen LogP contribution in [0.1, 0.15) is 12.0 Å². The molecular formula is C18H18ClN7O. The van der Waals surface area contributed by atoms with Gasteiger partial charge in [0.1, 0.15) is 5.15 Å². The average Bonchev–Trinajstić information content (AvgIpc) is 3.17. The number of aromatic nitrogens is 5. The summed E-state index contributed by atoms with van der Waals surface area (Å²) in [4.78, 5) is 27.1. The number of carbonyl (C=O) groups excluding carboxylic acids is 1. The maximum absolute atomic E-state index is 13.0. The Labute approximate surface area is 160 Å². The van der Waals surface area contributed by atoms with Crippen LogP contribution < -0.4 is 10.6 Å². The standard InChI is InChI=1S/C18H18ClN7O/c19-15-2-1-11(9-22-15)7-13-8-14(20)10-26(17(13)27)18-23-16(24-25-18)12-3-5-21-6-4-12/h1-6,9,13-14H,7-8,10,20H2,(H,23,24,25)/t13-,14+/m1/s1. The largest absolute Gasteiger partial charge is 0.326 e. The molecule has 1 saturated heterocycles. The van der Waals surface area contributed by atoms with E-state index >= 15 is 0 Å². The number of pyridine rings is 2. The van der Waals surface area contributed by atoms with Gasteiger partial charge in [-0.15, -0.1) is 0 Å². The first-order valence-electron chi connectivity index (χ1n) is 8.60. The molecular weight excluding hydrogens is 366 g/mol. The van der Waals surface area contributed by atoms with E-state index in [0.29, 0.717) is 36.3 Å². The van der Waals surface area contributed by atoms with Crippen molar-refractivity contribution >= 4 is 23.5 Å². The Kier molecular flexibility index (Phi) is 4.83. The number of anilines is 1. The van der Waals surface area contributed by atoms with Crippen molar-refractivity contribution in [2.75, 3.05) is 11.4 Å². The molecule has 3 N–H and O–H groups in total. The SMILES string of the molecule is N[C@H]1C[C@@H](Cc2ccc(Cl)nc2)C(=O)N(c2nc(-c3ccncc3)n[nH]2)C1. The molecule has 0 unspecified atom stereocenters. The van der Waals surface area contributed by atoms with Crippen LogP contribution in [0.15, 0.2) is 42.9 Å². The minimum absolute atomic E-state index is 0.0240. The molecule has 4 rings (SSSR count). The number of hydrogen-bond donors (Lipinski definition) is 2. The second-order valence-electron chi connectivity index (χ2n) is 6.55. The van der Waals surface area contributed by atoms with Crippen LogP contribution >= 0.6 is 11.6 Å². The molecule has 3 aromatic heterocycles. The lowest BCUT2D eigenvalue weighted by molar-refractivity contribution is -0.124.